The molecule has 0 aromatic carbocycles. The van der Waals surface area contributed by atoms with Crippen LogP contribution in [0.25, 0.3) is 0 Å². The van der Waals surface area contributed by atoms with Crippen LogP contribution in [0.2, 0.25) is 0 Å². The van der Waals surface area contributed by atoms with Crippen LogP contribution in [0.5, 0.6) is 0 Å². The summed E-state index contributed by atoms with van der Waals surface area (Å²) in [6.07, 6.45) is 10.5. The SMILES string of the molecule is CCC(C)NC(=O)c1ccc(NC2CCCCCC2)cn1. The highest BCUT2D eigenvalue weighted by Crippen LogP contribution is 2.20. The second-order valence-electron chi connectivity index (χ2n) is 6.05. The fraction of sp³-hybridized carbons (Fsp3) is 0.647. The monoisotopic (exact) mass is 289 g/mol. The molecule has 1 aliphatic rings. The molecule has 0 radical (unpaired) electrons. The van der Waals surface area contributed by atoms with E-state index in [0.29, 0.717) is 11.7 Å². The van der Waals surface area contributed by atoms with Crippen molar-refractivity contribution in [2.45, 2.75) is 70.9 Å². The molecule has 1 saturated carbocycles. The molecule has 0 spiro atoms. The Bertz CT molecular complexity index is 436. The van der Waals surface area contributed by atoms with Gasteiger partial charge in [0.1, 0.15) is 5.69 Å². The van der Waals surface area contributed by atoms with Gasteiger partial charge in [0.05, 0.1) is 11.9 Å². The molecule has 0 aliphatic heterocycles. The molecule has 1 atom stereocenters. The zero-order chi connectivity index (χ0) is 15.1. The van der Waals surface area contributed by atoms with Crippen molar-refractivity contribution in [3.8, 4) is 0 Å². The van der Waals surface area contributed by atoms with E-state index in [1.54, 1.807) is 12.3 Å². The molecule has 116 valence electrons. The lowest BCUT2D eigenvalue weighted by atomic mass is 10.1. The number of nitrogens with zero attached hydrogens (tertiary/aromatic N) is 1. The Labute approximate surface area is 127 Å². The molecule has 1 aliphatic carbocycles. The minimum atomic E-state index is -0.0923. The highest BCUT2D eigenvalue weighted by atomic mass is 16.1. The Morgan fingerprint density at radius 3 is 2.57 bits per heavy atom. The number of hydrogen-bond acceptors (Lipinski definition) is 3. The topological polar surface area (TPSA) is 54.0 Å². The minimum Gasteiger partial charge on any atom is -0.381 e. The first-order valence-electron chi connectivity index (χ1n) is 8.22. The number of hydrogen-bond donors (Lipinski definition) is 2. The van der Waals surface area contributed by atoms with Gasteiger partial charge < -0.3 is 10.6 Å². The van der Waals surface area contributed by atoms with E-state index in [1.807, 2.05) is 13.0 Å². The molecule has 1 aromatic rings. The molecular weight excluding hydrogens is 262 g/mol. The van der Waals surface area contributed by atoms with Crippen molar-refractivity contribution >= 4 is 11.6 Å². The van der Waals surface area contributed by atoms with E-state index in [1.165, 1.54) is 38.5 Å². The van der Waals surface area contributed by atoms with E-state index >= 15 is 0 Å². The van der Waals surface area contributed by atoms with Crippen LogP contribution in [-0.4, -0.2) is 23.0 Å². The molecule has 2 rings (SSSR count). The van der Waals surface area contributed by atoms with E-state index in [2.05, 4.69) is 22.5 Å². The Morgan fingerprint density at radius 1 is 1.29 bits per heavy atom. The quantitative estimate of drug-likeness (QED) is 0.812. The number of amides is 1. The van der Waals surface area contributed by atoms with E-state index < -0.39 is 0 Å². The van der Waals surface area contributed by atoms with E-state index in [0.717, 1.165) is 12.1 Å². The van der Waals surface area contributed by atoms with Crippen molar-refractivity contribution in [3.63, 3.8) is 0 Å². The summed E-state index contributed by atoms with van der Waals surface area (Å²) in [5, 5.41) is 6.48. The Hall–Kier alpha value is -1.58. The van der Waals surface area contributed by atoms with Gasteiger partial charge in [-0.2, -0.15) is 0 Å². The summed E-state index contributed by atoms with van der Waals surface area (Å²) in [4.78, 5) is 16.2. The number of carbonyl (C=O) groups is 1. The molecular formula is C17H27N3O. The normalized spacial score (nSPS) is 17.8. The smallest absolute Gasteiger partial charge is 0.270 e. The van der Waals surface area contributed by atoms with Gasteiger partial charge in [-0.25, -0.2) is 4.98 Å². The molecule has 21 heavy (non-hydrogen) atoms. The van der Waals surface area contributed by atoms with Gasteiger partial charge in [0.15, 0.2) is 0 Å². The number of aromatic nitrogens is 1. The number of anilines is 1. The van der Waals surface area contributed by atoms with Crippen LogP contribution in [0.15, 0.2) is 18.3 Å². The summed E-state index contributed by atoms with van der Waals surface area (Å²) in [6, 6.07) is 4.50. The molecule has 0 saturated heterocycles. The Balaban J connectivity index is 1.90. The van der Waals surface area contributed by atoms with Crippen LogP contribution in [0.1, 0.15) is 69.3 Å². The third kappa shape index (κ3) is 5.03. The molecule has 1 heterocycles. The van der Waals surface area contributed by atoms with Gasteiger partial charge in [-0.15, -0.1) is 0 Å². The van der Waals surface area contributed by atoms with Crippen LogP contribution >= 0.6 is 0 Å². The molecule has 1 fully saturated rings. The third-order valence-corrected chi connectivity index (χ3v) is 4.21. The molecule has 1 aromatic heterocycles. The lowest BCUT2D eigenvalue weighted by molar-refractivity contribution is 0.0934. The summed E-state index contributed by atoms with van der Waals surface area (Å²) in [7, 11) is 0. The summed E-state index contributed by atoms with van der Waals surface area (Å²) in [5.41, 5.74) is 1.50. The van der Waals surface area contributed by atoms with E-state index in [4.69, 9.17) is 0 Å². The predicted molar refractivity (Wildman–Crippen MR) is 86.6 cm³/mol. The molecule has 4 nitrogen and oxygen atoms in total. The highest BCUT2D eigenvalue weighted by molar-refractivity contribution is 5.92. The second kappa shape index (κ2) is 8.01. The van der Waals surface area contributed by atoms with Crippen LogP contribution in [0.4, 0.5) is 5.69 Å². The van der Waals surface area contributed by atoms with E-state index in [-0.39, 0.29) is 11.9 Å². The number of pyridine rings is 1. The Morgan fingerprint density at radius 2 is 2.00 bits per heavy atom. The van der Waals surface area contributed by atoms with Gasteiger partial charge in [0, 0.05) is 12.1 Å². The summed E-state index contributed by atoms with van der Waals surface area (Å²) >= 11 is 0. The Kier molecular flexibility index (Phi) is 6.03. The van der Waals surface area contributed by atoms with Crippen molar-refractivity contribution in [2.24, 2.45) is 0 Å². The summed E-state index contributed by atoms with van der Waals surface area (Å²) in [5.74, 6) is -0.0923. The molecule has 1 unspecified atom stereocenters. The largest absolute Gasteiger partial charge is 0.381 e. The number of nitrogens with one attached hydrogen (secondary N) is 2. The average Bonchev–Trinajstić information content (AvgIpc) is 2.76. The highest BCUT2D eigenvalue weighted by Gasteiger charge is 2.13. The summed E-state index contributed by atoms with van der Waals surface area (Å²) < 4.78 is 0. The van der Waals surface area contributed by atoms with Crippen molar-refractivity contribution in [1.82, 2.24) is 10.3 Å². The van der Waals surface area contributed by atoms with Gasteiger partial charge in [-0.05, 0) is 38.3 Å². The standard InChI is InChI=1S/C17H27N3O/c1-3-13(2)19-17(21)16-11-10-15(12-18-16)20-14-8-6-4-5-7-9-14/h10-14,20H,3-9H2,1-2H3,(H,19,21). The van der Waals surface area contributed by atoms with Crippen LogP contribution < -0.4 is 10.6 Å². The second-order valence-corrected chi connectivity index (χ2v) is 6.05. The van der Waals surface area contributed by atoms with E-state index in [9.17, 15) is 4.79 Å². The molecule has 4 heteroatoms. The maximum absolute atomic E-state index is 12.0. The maximum atomic E-state index is 12.0. The predicted octanol–water partition coefficient (Wildman–Crippen LogP) is 3.74. The van der Waals surface area contributed by atoms with Gasteiger partial charge in [-0.3, -0.25) is 4.79 Å². The third-order valence-electron chi connectivity index (χ3n) is 4.21. The fourth-order valence-electron chi connectivity index (χ4n) is 2.67. The van der Waals surface area contributed by atoms with Crippen molar-refractivity contribution in [3.05, 3.63) is 24.0 Å². The summed E-state index contributed by atoms with van der Waals surface area (Å²) in [6.45, 7) is 4.05. The lowest BCUT2D eigenvalue weighted by Gasteiger charge is -2.17. The van der Waals surface area contributed by atoms with Crippen molar-refractivity contribution < 1.29 is 4.79 Å². The minimum absolute atomic E-state index is 0.0923. The number of rotatable bonds is 5. The lowest BCUT2D eigenvalue weighted by Crippen LogP contribution is -2.32. The number of carbonyl (C=O) groups excluding carboxylic acids is 1. The van der Waals surface area contributed by atoms with Crippen molar-refractivity contribution in [1.29, 1.82) is 0 Å². The molecule has 2 N–H and O–H groups in total. The zero-order valence-corrected chi connectivity index (χ0v) is 13.2. The average molecular weight is 289 g/mol. The van der Waals surface area contributed by atoms with Gasteiger partial charge >= 0.3 is 0 Å². The maximum Gasteiger partial charge on any atom is 0.270 e. The van der Waals surface area contributed by atoms with Crippen molar-refractivity contribution in [2.75, 3.05) is 5.32 Å². The fourth-order valence-corrected chi connectivity index (χ4v) is 2.67. The van der Waals surface area contributed by atoms with Crippen LogP contribution in [0.3, 0.4) is 0 Å². The van der Waals surface area contributed by atoms with Gasteiger partial charge in [0.2, 0.25) is 0 Å². The van der Waals surface area contributed by atoms with Crippen LogP contribution in [0, 0.1) is 0 Å². The zero-order valence-electron chi connectivity index (χ0n) is 13.2. The van der Waals surface area contributed by atoms with Gasteiger partial charge in [0.25, 0.3) is 5.91 Å². The first-order valence-corrected chi connectivity index (χ1v) is 8.22. The molecule has 1 amide bonds. The first kappa shape index (κ1) is 15.8. The van der Waals surface area contributed by atoms with Crippen LogP contribution in [-0.2, 0) is 0 Å². The van der Waals surface area contributed by atoms with Gasteiger partial charge in [-0.1, -0.05) is 32.6 Å². The molecule has 0 bridgehead atoms. The first-order chi connectivity index (χ1) is 10.2.